The molecule has 1 N–H and O–H groups in total. The molecule has 1 aliphatic heterocycles. The Kier molecular flexibility index (Phi) is 6.26. The molecular weight excluding hydrogens is 452 g/mol. The third-order valence-electron chi connectivity index (χ3n) is 5.73. The molecule has 0 saturated heterocycles. The van der Waals surface area contributed by atoms with Gasteiger partial charge in [0.2, 0.25) is 5.91 Å². The highest BCUT2D eigenvalue weighted by Crippen LogP contribution is 2.40. The Bertz CT molecular complexity index is 1410. The van der Waals surface area contributed by atoms with Crippen molar-refractivity contribution in [1.82, 2.24) is 4.31 Å². The molecule has 3 aromatic carbocycles. The number of benzene rings is 3. The SMILES string of the molecule is COC(=O)C1=C(c2ccccc2)c2ccccc2S(=O)(=O)N1CC(=O)Nc1ccc(C)c(C)c1. The molecule has 0 fully saturated rings. The predicted molar refractivity (Wildman–Crippen MR) is 129 cm³/mol. The fourth-order valence-corrected chi connectivity index (χ4v) is 5.53. The van der Waals surface area contributed by atoms with Gasteiger partial charge in [-0.1, -0.05) is 54.6 Å². The van der Waals surface area contributed by atoms with E-state index in [0.29, 0.717) is 22.4 Å². The standard InChI is InChI=1S/C26H24N2O5S/c1-17-13-14-20(15-18(17)2)27-23(29)16-28-25(26(30)33-3)24(19-9-5-4-6-10-19)21-11-7-8-12-22(21)34(28,31)32/h4-15H,16H2,1-3H3,(H,27,29). The van der Waals surface area contributed by atoms with Gasteiger partial charge in [0, 0.05) is 16.8 Å². The Balaban J connectivity index is 1.85. The molecule has 1 heterocycles. The summed E-state index contributed by atoms with van der Waals surface area (Å²) in [5, 5.41) is 2.73. The van der Waals surface area contributed by atoms with E-state index in [0.717, 1.165) is 15.4 Å². The molecular formula is C26H24N2O5S. The average Bonchev–Trinajstić information content (AvgIpc) is 2.83. The van der Waals surface area contributed by atoms with Crippen molar-refractivity contribution in [3.8, 4) is 0 Å². The second-order valence-electron chi connectivity index (χ2n) is 7.94. The topological polar surface area (TPSA) is 92.8 Å². The van der Waals surface area contributed by atoms with Crippen LogP contribution in [-0.4, -0.2) is 38.3 Å². The van der Waals surface area contributed by atoms with Crippen LogP contribution in [0.25, 0.3) is 5.57 Å². The molecule has 0 radical (unpaired) electrons. The van der Waals surface area contributed by atoms with Crippen LogP contribution in [-0.2, 0) is 24.3 Å². The van der Waals surface area contributed by atoms with Crippen LogP contribution < -0.4 is 5.32 Å². The summed E-state index contributed by atoms with van der Waals surface area (Å²) < 4.78 is 33.0. The van der Waals surface area contributed by atoms with E-state index in [1.165, 1.54) is 13.2 Å². The Morgan fingerprint density at radius 1 is 0.912 bits per heavy atom. The van der Waals surface area contributed by atoms with E-state index in [1.54, 1.807) is 54.6 Å². The number of esters is 1. The van der Waals surface area contributed by atoms with Crippen molar-refractivity contribution in [3.63, 3.8) is 0 Å². The zero-order chi connectivity index (χ0) is 24.5. The highest BCUT2D eigenvalue weighted by molar-refractivity contribution is 7.89. The first-order valence-corrected chi connectivity index (χ1v) is 12.1. The molecule has 174 valence electrons. The largest absolute Gasteiger partial charge is 0.464 e. The third kappa shape index (κ3) is 4.20. The zero-order valence-corrected chi connectivity index (χ0v) is 19.8. The number of amides is 1. The summed E-state index contributed by atoms with van der Waals surface area (Å²) in [7, 11) is -3.04. The van der Waals surface area contributed by atoms with Crippen LogP contribution >= 0.6 is 0 Å². The summed E-state index contributed by atoms with van der Waals surface area (Å²) in [4.78, 5) is 26.0. The van der Waals surface area contributed by atoms with Crippen LogP contribution in [0.5, 0.6) is 0 Å². The second kappa shape index (κ2) is 9.15. The summed E-state index contributed by atoms with van der Waals surface area (Å²) >= 11 is 0. The third-order valence-corrected chi connectivity index (χ3v) is 7.53. The van der Waals surface area contributed by atoms with Crippen LogP contribution in [0.2, 0.25) is 0 Å². The van der Waals surface area contributed by atoms with Crippen molar-refractivity contribution in [3.05, 3.63) is 101 Å². The summed E-state index contributed by atoms with van der Waals surface area (Å²) in [5.74, 6) is -1.43. The summed E-state index contributed by atoms with van der Waals surface area (Å²) in [6, 6.07) is 20.8. The Labute approximate surface area is 198 Å². The van der Waals surface area contributed by atoms with Crippen molar-refractivity contribution in [2.24, 2.45) is 0 Å². The maximum absolute atomic E-state index is 13.6. The fraction of sp³-hybridized carbons (Fsp3) is 0.154. The first kappa shape index (κ1) is 23.3. The van der Waals surface area contributed by atoms with Gasteiger partial charge in [-0.2, -0.15) is 0 Å². The highest BCUT2D eigenvalue weighted by atomic mass is 32.2. The molecule has 4 rings (SSSR count). The van der Waals surface area contributed by atoms with Gasteiger partial charge in [0.1, 0.15) is 12.2 Å². The molecule has 34 heavy (non-hydrogen) atoms. The molecule has 0 unspecified atom stereocenters. The molecule has 0 aliphatic carbocycles. The van der Waals surface area contributed by atoms with Crippen LogP contribution in [0.1, 0.15) is 22.3 Å². The molecule has 3 aromatic rings. The molecule has 1 amide bonds. The van der Waals surface area contributed by atoms with Gasteiger partial charge in [0.15, 0.2) is 0 Å². The van der Waals surface area contributed by atoms with Crippen molar-refractivity contribution in [2.45, 2.75) is 18.7 Å². The van der Waals surface area contributed by atoms with Crippen molar-refractivity contribution in [1.29, 1.82) is 0 Å². The molecule has 0 saturated carbocycles. The van der Waals surface area contributed by atoms with Gasteiger partial charge in [-0.25, -0.2) is 17.5 Å². The molecule has 7 nitrogen and oxygen atoms in total. The molecule has 8 heteroatoms. The number of nitrogens with one attached hydrogen (secondary N) is 1. The molecule has 0 atom stereocenters. The van der Waals surface area contributed by atoms with Crippen molar-refractivity contribution in [2.75, 3.05) is 19.0 Å². The summed E-state index contributed by atoms with van der Waals surface area (Å²) in [5.41, 5.74) is 3.77. The van der Waals surface area contributed by atoms with Gasteiger partial charge in [-0.05, 0) is 48.7 Å². The minimum atomic E-state index is -4.22. The number of rotatable bonds is 5. The average molecular weight is 477 g/mol. The number of hydrogen-bond acceptors (Lipinski definition) is 5. The molecule has 1 aliphatic rings. The van der Waals surface area contributed by atoms with Gasteiger partial charge in [-0.15, -0.1) is 0 Å². The monoisotopic (exact) mass is 476 g/mol. The number of aryl methyl sites for hydroxylation is 2. The first-order valence-electron chi connectivity index (χ1n) is 10.6. The maximum Gasteiger partial charge on any atom is 0.356 e. The minimum Gasteiger partial charge on any atom is -0.464 e. The zero-order valence-electron chi connectivity index (χ0n) is 19.0. The van der Waals surface area contributed by atoms with E-state index in [2.05, 4.69) is 5.32 Å². The maximum atomic E-state index is 13.6. The number of methoxy groups -OCH3 is 1. The number of sulfonamides is 1. The van der Waals surface area contributed by atoms with Crippen LogP contribution in [0, 0.1) is 13.8 Å². The van der Waals surface area contributed by atoms with E-state index < -0.39 is 28.4 Å². The first-order chi connectivity index (χ1) is 16.2. The van der Waals surface area contributed by atoms with Crippen LogP contribution in [0.4, 0.5) is 5.69 Å². The lowest BCUT2D eigenvalue weighted by atomic mass is 9.95. The van der Waals surface area contributed by atoms with Gasteiger partial charge < -0.3 is 10.1 Å². The van der Waals surface area contributed by atoms with Gasteiger partial charge >= 0.3 is 5.97 Å². The number of hydrogen-bond donors (Lipinski definition) is 1. The van der Waals surface area contributed by atoms with E-state index >= 15 is 0 Å². The minimum absolute atomic E-state index is 0.0143. The van der Waals surface area contributed by atoms with Gasteiger partial charge in [-0.3, -0.25) is 4.79 Å². The number of carbonyl (C=O) groups excluding carboxylic acids is 2. The smallest absolute Gasteiger partial charge is 0.356 e. The molecule has 0 aromatic heterocycles. The number of carbonyl (C=O) groups is 2. The van der Waals surface area contributed by atoms with Gasteiger partial charge in [0.25, 0.3) is 10.0 Å². The Morgan fingerprint density at radius 3 is 2.26 bits per heavy atom. The molecule has 0 bridgehead atoms. The normalized spacial score (nSPS) is 14.4. The number of ether oxygens (including phenoxy) is 1. The number of nitrogens with zero attached hydrogens (tertiary/aromatic N) is 1. The Hall–Kier alpha value is -3.91. The lowest BCUT2D eigenvalue weighted by molar-refractivity contribution is -0.137. The second-order valence-corrected chi connectivity index (χ2v) is 9.77. The lowest BCUT2D eigenvalue weighted by Crippen LogP contribution is -2.43. The predicted octanol–water partition coefficient (Wildman–Crippen LogP) is 3.88. The summed E-state index contributed by atoms with van der Waals surface area (Å²) in [6.07, 6.45) is 0. The van der Waals surface area contributed by atoms with E-state index in [4.69, 9.17) is 4.74 Å². The van der Waals surface area contributed by atoms with Crippen molar-refractivity contribution >= 4 is 33.2 Å². The van der Waals surface area contributed by atoms with Crippen LogP contribution in [0.3, 0.4) is 0 Å². The summed E-state index contributed by atoms with van der Waals surface area (Å²) in [6.45, 7) is 3.28. The van der Waals surface area contributed by atoms with Crippen molar-refractivity contribution < 1.29 is 22.7 Å². The highest BCUT2D eigenvalue weighted by Gasteiger charge is 2.41. The van der Waals surface area contributed by atoms with E-state index in [-0.39, 0.29) is 10.6 Å². The van der Waals surface area contributed by atoms with Crippen LogP contribution in [0.15, 0.2) is 83.4 Å². The quantitative estimate of drug-likeness (QED) is 0.564. The van der Waals surface area contributed by atoms with E-state index in [9.17, 15) is 18.0 Å². The van der Waals surface area contributed by atoms with E-state index in [1.807, 2.05) is 26.0 Å². The number of fused-ring (bicyclic) bond motifs is 1. The number of anilines is 1. The van der Waals surface area contributed by atoms with Gasteiger partial charge in [0.05, 0.1) is 12.0 Å². The fourth-order valence-electron chi connectivity index (χ4n) is 3.90. The Morgan fingerprint density at radius 2 is 1.59 bits per heavy atom. The molecule has 0 spiro atoms. The lowest BCUT2D eigenvalue weighted by Gasteiger charge is -2.32.